The number of anilines is 3. The number of para-hydroxylation sites is 1. The number of benzene rings is 2. The van der Waals surface area contributed by atoms with E-state index in [4.69, 9.17) is 4.98 Å². The highest BCUT2D eigenvalue weighted by Gasteiger charge is 2.23. The third-order valence-electron chi connectivity index (χ3n) is 4.87. The number of rotatable bonds is 5. The summed E-state index contributed by atoms with van der Waals surface area (Å²) in [5.74, 6) is 1.75. The summed E-state index contributed by atoms with van der Waals surface area (Å²) in [5, 5.41) is 0. The van der Waals surface area contributed by atoms with Crippen LogP contribution in [0.2, 0.25) is 0 Å². The van der Waals surface area contributed by atoms with Gasteiger partial charge in [0.15, 0.2) is 0 Å². The Bertz CT molecular complexity index is 876. The summed E-state index contributed by atoms with van der Waals surface area (Å²) in [5.41, 5.74) is 3.88. The fourth-order valence-electron chi connectivity index (χ4n) is 3.48. The van der Waals surface area contributed by atoms with Crippen molar-refractivity contribution in [2.75, 3.05) is 16.3 Å². The Hall–Kier alpha value is -2.88. The molecular formula is C22H24N4. The van der Waals surface area contributed by atoms with Crippen LogP contribution in [0.1, 0.15) is 25.0 Å². The molecule has 0 fully saturated rings. The molecule has 1 aliphatic heterocycles. The molecule has 0 radical (unpaired) electrons. The van der Waals surface area contributed by atoms with Crippen molar-refractivity contribution < 1.29 is 0 Å². The van der Waals surface area contributed by atoms with Gasteiger partial charge >= 0.3 is 0 Å². The summed E-state index contributed by atoms with van der Waals surface area (Å²) in [6.45, 7) is 6.18. The highest BCUT2D eigenvalue weighted by atomic mass is 15.3. The number of nitrogens with zero attached hydrogens (tertiary/aromatic N) is 4. The van der Waals surface area contributed by atoms with Crippen molar-refractivity contribution in [1.29, 1.82) is 0 Å². The molecule has 4 rings (SSSR count). The van der Waals surface area contributed by atoms with Gasteiger partial charge in [-0.2, -0.15) is 4.98 Å². The number of aromatic nitrogens is 2. The highest BCUT2D eigenvalue weighted by molar-refractivity contribution is 5.66. The smallest absolute Gasteiger partial charge is 0.231 e. The van der Waals surface area contributed by atoms with E-state index in [0.717, 1.165) is 31.3 Å². The SMILES string of the molecule is CC(C)N(Cc1ccccc1)c1ccnc(N2CCc3ccccc32)n1. The Morgan fingerprint density at radius 2 is 1.77 bits per heavy atom. The fourth-order valence-corrected chi connectivity index (χ4v) is 3.48. The molecule has 0 aliphatic carbocycles. The second-order valence-corrected chi connectivity index (χ2v) is 6.95. The third-order valence-corrected chi connectivity index (χ3v) is 4.87. The van der Waals surface area contributed by atoms with Gasteiger partial charge < -0.3 is 9.80 Å². The van der Waals surface area contributed by atoms with E-state index in [9.17, 15) is 0 Å². The minimum atomic E-state index is 0.351. The van der Waals surface area contributed by atoms with E-state index in [2.05, 4.69) is 83.2 Å². The topological polar surface area (TPSA) is 32.3 Å². The Morgan fingerprint density at radius 3 is 2.58 bits per heavy atom. The zero-order valence-corrected chi connectivity index (χ0v) is 15.3. The lowest BCUT2D eigenvalue weighted by atomic mass is 10.2. The van der Waals surface area contributed by atoms with Crippen molar-refractivity contribution in [3.8, 4) is 0 Å². The number of hydrogen-bond acceptors (Lipinski definition) is 4. The first-order valence-electron chi connectivity index (χ1n) is 9.21. The van der Waals surface area contributed by atoms with Crippen LogP contribution in [0.4, 0.5) is 17.5 Å². The lowest BCUT2D eigenvalue weighted by Gasteiger charge is -2.29. The summed E-state index contributed by atoms with van der Waals surface area (Å²) in [4.78, 5) is 14.0. The maximum absolute atomic E-state index is 4.91. The van der Waals surface area contributed by atoms with Crippen LogP contribution in [0.15, 0.2) is 66.9 Å². The van der Waals surface area contributed by atoms with Crippen LogP contribution in [0, 0.1) is 0 Å². The monoisotopic (exact) mass is 344 g/mol. The van der Waals surface area contributed by atoms with Gasteiger partial charge in [-0.15, -0.1) is 0 Å². The van der Waals surface area contributed by atoms with Gasteiger partial charge in [-0.25, -0.2) is 4.98 Å². The van der Waals surface area contributed by atoms with Crippen LogP contribution < -0.4 is 9.80 Å². The molecule has 0 amide bonds. The summed E-state index contributed by atoms with van der Waals surface area (Å²) in [6, 6.07) is 21.4. The zero-order chi connectivity index (χ0) is 17.9. The predicted octanol–water partition coefficient (Wildman–Crippen LogP) is 4.59. The van der Waals surface area contributed by atoms with Gasteiger partial charge in [-0.05, 0) is 43.5 Å². The fraction of sp³-hybridized carbons (Fsp3) is 0.273. The summed E-state index contributed by atoms with van der Waals surface area (Å²) in [6.07, 6.45) is 2.92. The van der Waals surface area contributed by atoms with E-state index in [-0.39, 0.29) is 0 Å². The van der Waals surface area contributed by atoms with Crippen molar-refractivity contribution in [2.45, 2.75) is 32.9 Å². The second kappa shape index (κ2) is 7.16. The molecule has 3 aromatic rings. The van der Waals surface area contributed by atoms with Crippen molar-refractivity contribution in [1.82, 2.24) is 9.97 Å². The maximum atomic E-state index is 4.91. The molecule has 0 bridgehead atoms. The van der Waals surface area contributed by atoms with E-state index in [1.807, 2.05) is 12.3 Å². The van der Waals surface area contributed by atoms with Gasteiger partial charge in [0.1, 0.15) is 5.82 Å². The Kier molecular flexibility index (Phi) is 4.57. The Balaban J connectivity index is 1.64. The summed E-state index contributed by atoms with van der Waals surface area (Å²) < 4.78 is 0. The van der Waals surface area contributed by atoms with Crippen molar-refractivity contribution in [3.63, 3.8) is 0 Å². The van der Waals surface area contributed by atoms with Gasteiger partial charge in [0.2, 0.25) is 5.95 Å². The van der Waals surface area contributed by atoms with Gasteiger partial charge in [0.25, 0.3) is 0 Å². The van der Waals surface area contributed by atoms with Gasteiger partial charge in [0, 0.05) is 31.0 Å². The minimum absolute atomic E-state index is 0.351. The lowest BCUT2D eigenvalue weighted by Crippen LogP contribution is -2.31. The molecule has 132 valence electrons. The molecule has 26 heavy (non-hydrogen) atoms. The molecule has 4 nitrogen and oxygen atoms in total. The molecule has 2 aromatic carbocycles. The molecule has 0 N–H and O–H groups in total. The molecule has 0 atom stereocenters. The van der Waals surface area contributed by atoms with Crippen LogP contribution in [0.25, 0.3) is 0 Å². The average Bonchev–Trinajstić information content (AvgIpc) is 3.11. The average molecular weight is 344 g/mol. The first kappa shape index (κ1) is 16.6. The number of fused-ring (bicyclic) bond motifs is 1. The Morgan fingerprint density at radius 1 is 1.00 bits per heavy atom. The van der Waals surface area contributed by atoms with Crippen molar-refractivity contribution >= 4 is 17.5 Å². The van der Waals surface area contributed by atoms with Crippen LogP contribution >= 0.6 is 0 Å². The quantitative estimate of drug-likeness (QED) is 0.678. The molecule has 4 heteroatoms. The molecule has 1 aliphatic rings. The Labute approximate surface area is 155 Å². The van der Waals surface area contributed by atoms with E-state index >= 15 is 0 Å². The summed E-state index contributed by atoms with van der Waals surface area (Å²) in [7, 11) is 0. The van der Waals surface area contributed by atoms with Crippen molar-refractivity contribution in [2.24, 2.45) is 0 Å². The minimum Gasteiger partial charge on any atom is -0.350 e. The molecule has 2 heterocycles. The van der Waals surface area contributed by atoms with E-state index < -0.39 is 0 Å². The van der Waals surface area contributed by atoms with Gasteiger partial charge in [0.05, 0.1) is 0 Å². The van der Waals surface area contributed by atoms with Gasteiger partial charge in [-0.3, -0.25) is 0 Å². The normalized spacial score (nSPS) is 13.1. The zero-order valence-electron chi connectivity index (χ0n) is 15.3. The van der Waals surface area contributed by atoms with Crippen molar-refractivity contribution in [3.05, 3.63) is 78.0 Å². The summed E-state index contributed by atoms with van der Waals surface area (Å²) >= 11 is 0. The van der Waals surface area contributed by atoms with Crippen LogP contribution in [0.3, 0.4) is 0 Å². The van der Waals surface area contributed by atoms with Crippen LogP contribution in [0.5, 0.6) is 0 Å². The number of hydrogen-bond donors (Lipinski definition) is 0. The molecule has 0 saturated carbocycles. The molecular weight excluding hydrogens is 320 g/mol. The molecule has 0 unspecified atom stereocenters. The molecule has 1 aromatic heterocycles. The van der Waals surface area contributed by atoms with Gasteiger partial charge in [-0.1, -0.05) is 48.5 Å². The standard InChI is InChI=1S/C22H24N4/c1-17(2)26(16-18-8-4-3-5-9-18)21-12-14-23-22(24-21)25-15-13-19-10-6-7-11-20(19)25/h3-12,14,17H,13,15-16H2,1-2H3. The lowest BCUT2D eigenvalue weighted by molar-refractivity contribution is 0.671. The van der Waals surface area contributed by atoms with E-state index in [1.165, 1.54) is 16.8 Å². The molecule has 0 spiro atoms. The predicted molar refractivity (Wildman–Crippen MR) is 107 cm³/mol. The highest BCUT2D eigenvalue weighted by Crippen LogP contribution is 2.33. The van der Waals surface area contributed by atoms with E-state index in [0.29, 0.717) is 6.04 Å². The van der Waals surface area contributed by atoms with E-state index in [1.54, 1.807) is 0 Å². The largest absolute Gasteiger partial charge is 0.350 e. The molecule has 0 saturated heterocycles. The maximum Gasteiger partial charge on any atom is 0.231 e. The van der Waals surface area contributed by atoms with Crippen LogP contribution in [-0.2, 0) is 13.0 Å². The first-order chi connectivity index (χ1) is 12.7. The second-order valence-electron chi connectivity index (χ2n) is 6.95. The third kappa shape index (κ3) is 3.27. The first-order valence-corrected chi connectivity index (χ1v) is 9.21. The van der Waals surface area contributed by atoms with Crippen LogP contribution in [-0.4, -0.2) is 22.6 Å².